The molecule has 0 unspecified atom stereocenters. The molecule has 1 saturated heterocycles. The second kappa shape index (κ2) is 6.96. The molecule has 0 radical (unpaired) electrons. The standard InChI is InChI=1S/C16H18ClFN2OS/c1-21-11-2-3-13(18)12(10-11)16(14-4-5-15(17)22-14)20-8-6-19-7-9-20/h2-5,10,16,19H,6-9H2,1H3/t16-/m1/s1. The van der Waals surface area contributed by atoms with Gasteiger partial charge in [0.05, 0.1) is 17.5 Å². The monoisotopic (exact) mass is 340 g/mol. The topological polar surface area (TPSA) is 24.5 Å². The van der Waals surface area contributed by atoms with Gasteiger partial charge < -0.3 is 10.1 Å². The highest BCUT2D eigenvalue weighted by Crippen LogP contribution is 2.37. The number of hydrogen-bond acceptors (Lipinski definition) is 4. The van der Waals surface area contributed by atoms with Crippen LogP contribution in [0.1, 0.15) is 16.5 Å². The summed E-state index contributed by atoms with van der Waals surface area (Å²) in [6.07, 6.45) is 0. The van der Waals surface area contributed by atoms with E-state index in [2.05, 4.69) is 10.2 Å². The van der Waals surface area contributed by atoms with E-state index in [0.29, 0.717) is 11.3 Å². The van der Waals surface area contributed by atoms with Crippen molar-refractivity contribution in [3.05, 3.63) is 50.9 Å². The lowest BCUT2D eigenvalue weighted by atomic mass is 10.0. The number of nitrogens with one attached hydrogen (secondary N) is 1. The van der Waals surface area contributed by atoms with Crippen LogP contribution in [0.3, 0.4) is 0 Å². The predicted octanol–water partition coefficient (Wildman–Crippen LogP) is 3.54. The second-order valence-electron chi connectivity index (χ2n) is 5.22. The second-order valence-corrected chi connectivity index (χ2v) is 6.96. The third kappa shape index (κ3) is 3.27. The van der Waals surface area contributed by atoms with Crippen LogP contribution in [0.4, 0.5) is 4.39 Å². The molecule has 0 bridgehead atoms. The van der Waals surface area contributed by atoms with Gasteiger partial charge in [-0.05, 0) is 30.3 Å². The summed E-state index contributed by atoms with van der Waals surface area (Å²) in [7, 11) is 1.60. The Labute approximate surface area is 138 Å². The van der Waals surface area contributed by atoms with Crippen molar-refractivity contribution >= 4 is 22.9 Å². The van der Waals surface area contributed by atoms with Crippen molar-refractivity contribution < 1.29 is 9.13 Å². The number of benzene rings is 1. The Kier molecular flexibility index (Phi) is 4.98. The SMILES string of the molecule is COc1ccc(F)c([C@H](c2ccc(Cl)s2)N2CCNCC2)c1. The number of piperazine rings is 1. The van der Waals surface area contributed by atoms with Gasteiger partial charge in [0.15, 0.2) is 0 Å². The number of nitrogens with zero attached hydrogens (tertiary/aromatic N) is 1. The Balaban J connectivity index is 2.04. The highest BCUT2D eigenvalue weighted by Gasteiger charge is 2.28. The fraction of sp³-hybridized carbons (Fsp3) is 0.375. The Morgan fingerprint density at radius 2 is 2.05 bits per heavy atom. The zero-order valence-electron chi connectivity index (χ0n) is 12.3. The number of rotatable bonds is 4. The zero-order chi connectivity index (χ0) is 15.5. The van der Waals surface area contributed by atoms with Crippen LogP contribution in [0.5, 0.6) is 5.75 Å². The first-order chi connectivity index (χ1) is 10.7. The molecule has 1 aromatic heterocycles. The van der Waals surface area contributed by atoms with E-state index in [1.165, 1.54) is 17.4 Å². The van der Waals surface area contributed by atoms with Crippen molar-refractivity contribution in [2.75, 3.05) is 33.3 Å². The van der Waals surface area contributed by atoms with E-state index >= 15 is 0 Å². The molecule has 1 aliphatic rings. The van der Waals surface area contributed by atoms with Crippen molar-refractivity contribution in [2.45, 2.75) is 6.04 Å². The quantitative estimate of drug-likeness (QED) is 0.921. The highest BCUT2D eigenvalue weighted by atomic mass is 35.5. The third-order valence-corrected chi connectivity index (χ3v) is 5.16. The van der Waals surface area contributed by atoms with Gasteiger partial charge in [-0.3, -0.25) is 4.90 Å². The lowest BCUT2D eigenvalue weighted by Crippen LogP contribution is -2.45. The van der Waals surface area contributed by atoms with Crippen molar-refractivity contribution in [1.82, 2.24) is 10.2 Å². The molecule has 0 aliphatic carbocycles. The summed E-state index contributed by atoms with van der Waals surface area (Å²) in [4.78, 5) is 3.34. The lowest BCUT2D eigenvalue weighted by Gasteiger charge is -2.35. The molecule has 1 N–H and O–H groups in total. The Bertz CT molecular complexity index is 643. The molecule has 0 amide bonds. The maximum atomic E-state index is 14.5. The first kappa shape index (κ1) is 15.7. The van der Waals surface area contributed by atoms with Gasteiger partial charge in [0.2, 0.25) is 0 Å². The Morgan fingerprint density at radius 3 is 2.68 bits per heavy atom. The van der Waals surface area contributed by atoms with Crippen LogP contribution in [0, 0.1) is 5.82 Å². The number of halogens is 2. The molecule has 3 rings (SSSR count). The summed E-state index contributed by atoms with van der Waals surface area (Å²) in [5, 5.41) is 3.33. The van der Waals surface area contributed by atoms with Gasteiger partial charge in [0.1, 0.15) is 11.6 Å². The van der Waals surface area contributed by atoms with Crippen molar-refractivity contribution in [2.24, 2.45) is 0 Å². The molecular weight excluding hydrogens is 323 g/mol. The number of hydrogen-bond donors (Lipinski definition) is 1. The van der Waals surface area contributed by atoms with Gasteiger partial charge in [-0.25, -0.2) is 4.39 Å². The fourth-order valence-corrected chi connectivity index (χ4v) is 4.02. The minimum absolute atomic E-state index is 0.130. The lowest BCUT2D eigenvalue weighted by molar-refractivity contribution is 0.197. The van der Waals surface area contributed by atoms with Gasteiger partial charge in [-0.1, -0.05) is 11.6 Å². The van der Waals surface area contributed by atoms with Crippen molar-refractivity contribution in [1.29, 1.82) is 0 Å². The van der Waals surface area contributed by atoms with Gasteiger partial charge in [0, 0.05) is 36.6 Å². The Hall–Kier alpha value is -1.14. The highest BCUT2D eigenvalue weighted by molar-refractivity contribution is 7.16. The van der Waals surface area contributed by atoms with Crippen LogP contribution >= 0.6 is 22.9 Å². The van der Waals surface area contributed by atoms with Crippen LogP contribution in [0.25, 0.3) is 0 Å². The number of thiophene rings is 1. The van der Waals surface area contributed by atoms with E-state index in [1.807, 2.05) is 12.1 Å². The van der Waals surface area contributed by atoms with Crippen LogP contribution in [0.2, 0.25) is 4.34 Å². The maximum absolute atomic E-state index is 14.5. The van der Waals surface area contributed by atoms with E-state index < -0.39 is 0 Å². The molecular formula is C16H18ClFN2OS. The summed E-state index contributed by atoms with van der Waals surface area (Å²) < 4.78 is 20.5. The number of ether oxygens (including phenoxy) is 1. The van der Waals surface area contributed by atoms with Gasteiger partial charge in [-0.2, -0.15) is 0 Å². The van der Waals surface area contributed by atoms with Crippen LogP contribution < -0.4 is 10.1 Å². The first-order valence-electron chi connectivity index (χ1n) is 7.22. The van der Waals surface area contributed by atoms with Crippen LogP contribution in [-0.4, -0.2) is 38.2 Å². The number of methoxy groups -OCH3 is 1. The van der Waals surface area contributed by atoms with Crippen LogP contribution in [0.15, 0.2) is 30.3 Å². The van der Waals surface area contributed by atoms with Crippen molar-refractivity contribution in [3.63, 3.8) is 0 Å². The summed E-state index contributed by atoms with van der Waals surface area (Å²) >= 11 is 7.60. The maximum Gasteiger partial charge on any atom is 0.128 e. The normalized spacial score (nSPS) is 17.4. The van der Waals surface area contributed by atoms with E-state index in [0.717, 1.165) is 35.4 Å². The average Bonchev–Trinajstić information content (AvgIpc) is 2.96. The molecule has 1 atom stereocenters. The van der Waals surface area contributed by atoms with Gasteiger partial charge in [-0.15, -0.1) is 11.3 Å². The first-order valence-corrected chi connectivity index (χ1v) is 8.42. The van der Waals surface area contributed by atoms with Gasteiger partial charge >= 0.3 is 0 Å². The predicted molar refractivity (Wildman–Crippen MR) is 88.6 cm³/mol. The van der Waals surface area contributed by atoms with Crippen molar-refractivity contribution in [3.8, 4) is 5.75 Å². The molecule has 1 fully saturated rings. The summed E-state index contributed by atoms with van der Waals surface area (Å²) in [6, 6.07) is 8.63. The summed E-state index contributed by atoms with van der Waals surface area (Å²) in [5.41, 5.74) is 0.639. The van der Waals surface area contributed by atoms with E-state index in [1.54, 1.807) is 19.2 Å². The smallest absolute Gasteiger partial charge is 0.128 e. The molecule has 0 saturated carbocycles. The average molecular weight is 341 g/mol. The summed E-state index contributed by atoms with van der Waals surface area (Å²) in [5.74, 6) is 0.452. The molecule has 2 heterocycles. The molecule has 6 heteroatoms. The molecule has 118 valence electrons. The van der Waals surface area contributed by atoms with E-state index in [4.69, 9.17) is 16.3 Å². The molecule has 0 spiro atoms. The largest absolute Gasteiger partial charge is 0.497 e. The molecule has 3 nitrogen and oxygen atoms in total. The van der Waals surface area contributed by atoms with E-state index in [-0.39, 0.29) is 11.9 Å². The third-order valence-electron chi connectivity index (χ3n) is 3.88. The fourth-order valence-electron chi connectivity index (χ4n) is 2.80. The molecule has 22 heavy (non-hydrogen) atoms. The summed E-state index contributed by atoms with van der Waals surface area (Å²) in [6.45, 7) is 3.55. The molecule has 1 aromatic carbocycles. The Morgan fingerprint density at radius 1 is 1.27 bits per heavy atom. The zero-order valence-corrected chi connectivity index (χ0v) is 13.9. The minimum atomic E-state index is -0.214. The van der Waals surface area contributed by atoms with E-state index in [9.17, 15) is 4.39 Å². The van der Waals surface area contributed by atoms with Crippen LogP contribution in [-0.2, 0) is 0 Å². The minimum Gasteiger partial charge on any atom is -0.497 e. The van der Waals surface area contributed by atoms with Gasteiger partial charge in [0.25, 0.3) is 0 Å². The molecule has 1 aliphatic heterocycles. The molecule has 2 aromatic rings.